The first-order chi connectivity index (χ1) is 14.3. The fourth-order valence-corrected chi connectivity index (χ4v) is 2.52. The number of carbonyl (C=O) groups excluding carboxylic acids is 4. The number of ether oxygens (including phenoxy) is 1. The van der Waals surface area contributed by atoms with Gasteiger partial charge >= 0.3 is 5.97 Å². The van der Waals surface area contributed by atoms with Crippen LogP contribution in [0.5, 0.6) is 0 Å². The molecule has 0 spiro atoms. The summed E-state index contributed by atoms with van der Waals surface area (Å²) < 4.78 is 10.1. The molecule has 0 radical (unpaired) electrons. The predicted molar refractivity (Wildman–Crippen MR) is 107 cm³/mol. The van der Waals surface area contributed by atoms with Crippen molar-refractivity contribution in [2.45, 2.75) is 32.4 Å². The Morgan fingerprint density at radius 3 is 2.33 bits per heavy atom. The van der Waals surface area contributed by atoms with Crippen molar-refractivity contribution in [2.24, 2.45) is 0 Å². The second-order valence-corrected chi connectivity index (χ2v) is 6.80. The summed E-state index contributed by atoms with van der Waals surface area (Å²) in [7, 11) is 0. The van der Waals surface area contributed by atoms with Gasteiger partial charge in [-0.1, -0.05) is 30.3 Å². The molecule has 30 heavy (non-hydrogen) atoms. The molecule has 160 valence electrons. The number of carbonyl (C=O) groups is 4. The zero-order valence-corrected chi connectivity index (χ0v) is 16.8. The Morgan fingerprint density at radius 2 is 1.70 bits per heavy atom. The molecule has 9 heteroatoms. The number of nitrogens with one attached hydrogen (secondary N) is 3. The molecule has 1 aromatic heterocycles. The lowest BCUT2D eigenvalue weighted by Crippen LogP contribution is -2.45. The monoisotopic (exact) mass is 415 g/mol. The summed E-state index contributed by atoms with van der Waals surface area (Å²) in [6.45, 7) is 2.80. The third kappa shape index (κ3) is 7.78. The lowest BCUT2D eigenvalue weighted by atomic mass is 10.1. The summed E-state index contributed by atoms with van der Waals surface area (Å²) in [5, 5.41) is 7.55. The van der Waals surface area contributed by atoms with E-state index in [0.29, 0.717) is 0 Å². The summed E-state index contributed by atoms with van der Waals surface area (Å²) >= 11 is 0. The van der Waals surface area contributed by atoms with E-state index in [0.717, 1.165) is 5.56 Å². The van der Waals surface area contributed by atoms with Gasteiger partial charge in [-0.25, -0.2) is 4.79 Å². The third-order valence-electron chi connectivity index (χ3n) is 3.86. The second kappa shape index (κ2) is 11.4. The smallest absolute Gasteiger partial charge is 0.329 e. The minimum Gasteiger partial charge on any atom is -0.459 e. The Balaban J connectivity index is 1.92. The first-order valence-corrected chi connectivity index (χ1v) is 9.46. The molecule has 9 nitrogen and oxygen atoms in total. The number of rotatable bonds is 10. The van der Waals surface area contributed by atoms with Gasteiger partial charge in [0.05, 0.1) is 12.8 Å². The SMILES string of the molecule is CC(C)NC(=O)CNC(=O)COC(=O)[C@H](Cc1ccccc1)NC(=O)c1ccco1. The van der Waals surface area contributed by atoms with E-state index in [2.05, 4.69) is 16.0 Å². The highest BCUT2D eigenvalue weighted by Crippen LogP contribution is 2.07. The number of benzene rings is 1. The van der Waals surface area contributed by atoms with Crippen LogP contribution in [0.25, 0.3) is 0 Å². The normalized spacial score (nSPS) is 11.4. The zero-order valence-electron chi connectivity index (χ0n) is 16.8. The highest BCUT2D eigenvalue weighted by molar-refractivity contribution is 5.95. The van der Waals surface area contributed by atoms with Crippen LogP contribution in [0.4, 0.5) is 0 Å². The fourth-order valence-electron chi connectivity index (χ4n) is 2.52. The molecule has 0 fully saturated rings. The summed E-state index contributed by atoms with van der Waals surface area (Å²) in [5.41, 5.74) is 0.800. The minimum atomic E-state index is -1.03. The first kappa shape index (κ1) is 22.7. The molecule has 1 atom stereocenters. The van der Waals surface area contributed by atoms with Crippen molar-refractivity contribution < 1.29 is 28.3 Å². The highest BCUT2D eigenvalue weighted by atomic mass is 16.5. The largest absolute Gasteiger partial charge is 0.459 e. The van der Waals surface area contributed by atoms with E-state index in [1.54, 1.807) is 32.0 Å². The second-order valence-electron chi connectivity index (χ2n) is 6.80. The molecule has 0 saturated carbocycles. The average molecular weight is 415 g/mol. The van der Waals surface area contributed by atoms with E-state index >= 15 is 0 Å². The van der Waals surface area contributed by atoms with Crippen LogP contribution in [0, 0.1) is 0 Å². The quantitative estimate of drug-likeness (QED) is 0.493. The molecule has 2 rings (SSSR count). The van der Waals surface area contributed by atoms with E-state index in [-0.39, 0.29) is 30.7 Å². The molecule has 3 N–H and O–H groups in total. The summed E-state index contributed by atoms with van der Waals surface area (Å²) in [6, 6.07) is 11.0. The maximum Gasteiger partial charge on any atom is 0.329 e. The topological polar surface area (TPSA) is 127 Å². The Labute approximate surface area is 174 Å². The van der Waals surface area contributed by atoms with Crippen molar-refractivity contribution in [3.8, 4) is 0 Å². The number of hydrogen-bond acceptors (Lipinski definition) is 6. The van der Waals surface area contributed by atoms with Crippen LogP contribution >= 0.6 is 0 Å². The van der Waals surface area contributed by atoms with Gasteiger partial charge in [-0.3, -0.25) is 14.4 Å². The fraction of sp³-hybridized carbons (Fsp3) is 0.333. The molecular formula is C21H25N3O6. The van der Waals surface area contributed by atoms with Gasteiger partial charge in [-0.15, -0.1) is 0 Å². The Morgan fingerprint density at radius 1 is 0.967 bits per heavy atom. The number of amides is 3. The lowest BCUT2D eigenvalue weighted by molar-refractivity contribution is -0.150. The van der Waals surface area contributed by atoms with Crippen molar-refractivity contribution in [1.82, 2.24) is 16.0 Å². The van der Waals surface area contributed by atoms with Crippen LogP contribution in [-0.2, 0) is 25.5 Å². The lowest BCUT2D eigenvalue weighted by Gasteiger charge is -2.17. The Kier molecular flexibility index (Phi) is 8.61. The molecular weight excluding hydrogens is 390 g/mol. The first-order valence-electron chi connectivity index (χ1n) is 9.46. The van der Waals surface area contributed by atoms with Crippen LogP contribution in [0.15, 0.2) is 53.1 Å². The summed E-state index contributed by atoms with van der Waals surface area (Å²) in [5.74, 6) is -2.28. The van der Waals surface area contributed by atoms with E-state index in [1.807, 2.05) is 18.2 Å². The van der Waals surface area contributed by atoms with Crippen LogP contribution in [0.1, 0.15) is 30.0 Å². The van der Waals surface area contributed by atoms with Gasteiger partial charge in [-0.2, -0.15) is 0 Å². The molecule has 3 amide bonds. The summed E-state index contributed by atoms with van der Waals surface area (Å²) in [6.07, 6.45) is 1.52. The molecule has 0 bridgehead atoms. The highest BCUT2D eigenvalue weighted by Gasteiger charge is 2.25. The van der Waals surface area contributed by atoms with Gasteiger partial charge in [0.25, 0.3) is 11.8 Å². The van der Waals surface area contributed by atoms with E-state index in [1.165, 1.54) is 12.3 Å². The molecule has 0 unspecified atom stereocenters. The van der Waals surface area contributed by atoms with E-state index in [9.17, 15) is 19.2 Å². The predicted octanol–water partition coefficient (Wildman–Crippen LogP) is 0.805. The van der Waals surface area contributed by atoms with Crippen molar-refractivity contribution in [3.05, 3.63) is 60.1 Å². The maximum absolute atomic E-state index is 12.5. The van der Waals surface area contributed by atoms with Gasteiger partial charge in [-0.05, 0) is 31.5 Å². The van der Waals surface area contributed by atoms with Gasteiger partial charge < -0.3 is 25.1 Å². The third-order valence-corrected chi connectivity index (χ3v) is 3.86. The molecule has 2 aromatic rings. The molecule has 0 saturated heterocycles. The van der Waals surface area contributed by atoms with Gasteiger partial charge in [0.2, 0.25) is 5.91 Å². The van der Waals surface area contributed by atoms with Gasteiger partial charge in [0.1, 0.15) is 6.04 Å². The van der Waals surface area contributed by atoms with Crippen molar-refractivity contribution in [2.75, 3.05) is 13.2 Å². The average Bonchev–Trinajstić information content (AvgIpc) is 3.25. The van der Waals surface area contributed by atoms with Gasteiger partial charge in [0, 0.05) is 12.5 Å². The standard InChI is InChI=1S/C21H25N3O6/c1-14(2)23-18(25)12-22-19(26)13-30-21(28)16(11-15-7-4-3-5-8-15)24-20(27)17-9-6-10-29-17/h3-10,14,16H,11-13H2,1-2H3,(H,22,26)(H,23,25)(H,24,27)/t16-/m0/s1. The Bertz CT molecular complexity index is 849. The van der Waals surface area contributed by atoms with Gasteiger partial charge in [0.15, 0.2) is 12.4 Å². The van der Waals surface area contributed by atoms with Crippen LogP contribution in [0.2, 0.25) is 0 Å². The maximum atomic E-state index is 12.5. The number of esters is 1. The molecule has 1 aromatic carbocycles. The van der Waals surface area contributed by atoms with E-state index in [4.69, 9.17) is 9.15 Å². The number of furan rings is 1. The van der Waals surface area contributed by atoms with Crippen molar-refractivity contribution in [1.29, 1.82) is 0 Å². The number of hydrogen-bond donors (Lipinski definition) is 3. The van der Waals surface area contributed by atoms with Crippen molar-refractivity contribution in [3.63, 3.8) is 0 Å². The molecule has 0 aliphatic heterocycles. The zero-order chi connectivity index (χ0) is 21.9. The molecule has 1 heterocycles. The Hall–Kier alpha value is -3.62. The minimum absolute atomic E-state index is 0.0507. The molecule has 0 aliphatic rings. The van der Waals surface area contributed by atoms with E-state index < -0.39 is 30.4 Å². The summed E-state index contributed by atoms with van der Waals surface area (Å²) in [4.78, 5) is 48.2. The van der Waals surface area contributed by atoms with Crippen LogP contribution < -0.4 is 16.0 Å². The van der Waals surface area contributed by atoms with Crippen LogP contribution in [0.3, 0.4) is 0 Å². The van der Waals surface area contributed by atoms with Crippen molar-refractivity contribution >= 4 is 23.7 Å². The molecule has 0 aliphatic carbocycles. The van der Waals surface area contributed by atoms with Crippen LogP contribution in [-0.4, -0.2) is 48.9 Å².